The minimum Gasteiger partial charge on any atom is -0.399 e. The normalized spacial score (nSPS) is 14.6. The van der Waals surface area contributed by atoms with Crippen molar-refractivity contribution in [2.45, 2.75) is 39.2 Å². The molecule has 0 radical (unpaired) electrons. The van der Waals surface area contributed by atoms with Crippen molar-refractivity contribution < 1.29 is 4.79 Å². The van der Waals surface area contributed by atoms with E-state index in [4.69, 9.17) is 5.73 Å². The summed E-state index contributed by atoms with van der Waals surface area (Å²) in [5, 5.41) is 4.36. The van der Waals surface area contributed by atoms with Crippen LogP contribution in [0.3, 0.4) is 0 Å². The van der Waals surface area contributed by atoms with Gasteiger partial charge < -0.3 is 10.6 Å². The third kappa shape index (κ3) is 4.67. The van der Waals surface area contributed by atoms with Crippen LogP contribution in [-0.2, 0) is 6.54 Å². The van der Waals surface area contributed by atoms with Gasteiger partial charge in [0.25, 0.3) is 5.91 Å². The highest BCUT2D eigenvalue weighted by atomic mass is 35.5. The number of nitrogen functional groups attached to an aromatic ring is 1. The van der Waals surface area contributed by atoms with Crippen molar-refractivity contribution in [2.75, 3.05) is 18.8 Å². The van der Waals surface area contributed by atoms with Crippen molar-refractivity contribution in [2.24, 2.45) is 0 Å². The van der Waals surface area contributed by atoms with Gasteiger partial charge in [0.1, 0.15) is 0 Å². The fourth-order valence-corrected chi connectivity index (χ4v) is 3.22. The largest absolute Gasteiger partial charge is 0.399 e. The number of piperidine rings is 1. The standard InChI is InChI=1S/C18H24N4O.2ClH/c1-3-22-12-15(11-20-22)14-6-8-21(9-7-14)18(23)17-10-16(19)5-4-13(17)2;;/h4-5,10-12,14H,3,6-9,19H2,1-2H3;2*1H. The van der Waals surface area contributed by atoms with E-state index in [0.717, 1.165) is 43.6 Å². The van der Waals surface area contributed by atoms with Gasteiger partial charge in [-0.2, -0.15) is 5.10 Å². The third-order valence-electron chi connectivity index (χ3n) is 4.72. The summed E-state index contributed by atoms with van der Waals surface area (Å²) in [6.07, 6.45) is 6.07. The second-order valence-corrected chi connectivity index (χ2v) is 6.27. The monoisotopic (exact) mass is 384 g/mol. The number of halogens is 2. The lowest BCUT2D eigenvalue weighted by molar-refractivity contribution is 0.0712. The summed E-state index contributed by atoms with van der Waals surface area (Å²) in [6, 6.07) is 5.53. The molecule has 1 saturated heterocycles. The topological polar surface area (TPSA) is 64.2 Å². The van der Waals surface area contributed by atoms with E-state index in [1.165, 1.54) is 5.56 Å². The summed E-state index contributed by atoms with van der Waals surface area (Å²) in [5.74, 6) is 0.596. The highest BCUT2D eigenvalue weighted by Crippen LogP contribution is 2.28. The second kappa shape index (κ2) is 9.11. The van der Waals surface area contributed by atoms with Crippen LogP contribution in [0.1, 0.15) is 47.2 Å². The van der Waals surface area contributed by atoms with Crippen molar-refractivity contribution in [3.63, 3.8) is 0 Å². The number of nitrogens with two attached hydrogens (primary N) is 1. The Balaban J connectivity index is 0.00000156. The third-order valence-corrected chi connectivity index (χ3v) is 4.72. The van der Waals surface area contributed by atoms with Crippen LogP contribution in [-0.4, -0.2) is 33.7 Å². The van der Waals surface area contributed by atoms with Gasteiger partial charge in [0.15, 0.2) is 0 Å². The van der Waals surface area contributed by atoms with E-state index in [0.29, 0.717) is 11.6 Å². The highest BCUT2D eigenvalue weighted by molar-refractivity contribution is 5.96. The maximum atomic E-state index is 12.7. The van der Waals surface area contributed by atoms with E-state index in [1.54, 1.807) is 6.07 Å². The van der Waals surface area contributed by atoms with Gasteiger partial charge in [-0.25, -0.2) is 0 Å². The molecule has 1 fully saturated rings. The molecule has 0 saturated carbocycles. The average molecular weight is 385 g/mol. The van der Waals surface area contributed by atoms with Gasteiger partial charge in [0, 0.05) is 37.1 Å². The van der Waals surface area contributed by atoms with Gasteiger partial charge in [0.2, 0.25) is 0 Å². The molecule has 1 amide bonds. The molecule has 2 aromatic rings. The van der Waals surface area contributed by atoms with Crippen LogP contribution in [0.25, 0.3) is 0 Å². The molecular formula is C18H26Cl2N4O. The quantitative estimate of drug-likeness (QED) is 0.821. The Morgan fingerprint density at radius 2 is 1.96 bits per heavy atom. The maximum Gasteiger partial charge on any atom is 0.254 e. The zero-order valence-corrected chi connectivity index (χ0v) is 16.3. The number of aryl methyl sites for hydroxylation is 2. The zero-order valence-electron chi connectivity index (χ0n) is 14.6. The van der Waals surface area contributed by atoms with E-state index in [2.05, 4.69) is 18.2 Å². The molecule has 5 nitrogen and oxygen atoms in total. The Bertz CT molecular complexity index is 709. The molecule has 138 valence electrons. The highest BCUT2D eigenvalue weighted by Gasteiger charge is 2.26. The van der Waals surface area contributed by atoms with Gasteiger partial charge in [-0.1, -0.05) is 6.07 Å². The van der Waals surface area contributed by atoms with Crippen molar-refractivity contribution in [1.82, 2.24) is 14.7 Å². The number of carbonyl (C=O) groups excluding carboxylic acids is 1. The molecule has 25 heavy (non-hydrogen) atoms. The van der Waals surface area contributed by atoms with E-state index in [1.807, 2.05) is 34.8 Å². The van der Waals surface area contributed by atoms with Gasteiger partial charge in [0.05, 0.1) is 6.20 Å². The van der Waals surface area contributed by atoms with Crippen LogP contribution in [0.2, 0.25) is 0 Å². The first-order chi connectivity index (χ1) is 11.1. The molecule has 2 heterocycles. The number of hydrogen-bond donors (Lipinski definition) is 1. The van der Waals surface area contributed by atoms with Crippen LogP contribution >= 0.6 is 24.8 Å². The lowest BCUT2D eigenvalue weighted by Crippen LogP contribution is -2.38. The molecule has 2 N–H and O–H groups in total. The number of benzene rings is 1. The fourth-order valence-electron chi connectivity index (χ4n) is 3.22. The lowest BCUT2D eigenvalue weighted by Gasteiger charge is -2.32. The number of anilines is 1. The molecule has 0 atom stereocenters. The molecule has 0 bridgehead atoms. The van der Waals surface area contributed by atoms with E-state index < -0.39 is 0 Å². The van der Waals surface area contributed by atoms with Crippen molar-refractivity contribution in [3.05, 3.63) is 47.3 Å². The second-order valence-electron chi connectivity index (χ2n) is 6.27. The zero-order chi connectivity index (χ0) is 16.4. The van der Waals surface area contributed by atoms with Gasteiger partial charge in [-0.05, 0) is 55.9 Å². The van der Waals surface area contributed by atoms with Crippen LogP contribution in [0.15, 0.2) is 30.6 Å². The predicted octanol–water partition coefficient (Wildman–Crippen LogP) is 3.66. The smallest absolute Gasteiger partial charge is 0.254 e. The molecule has 1 aliphatic heterocycles. The first kappa shape index (κ1) is 21.3. The maximum absolute atomic E-state index is 12.7. The van der Waals surface area contributed by atoms with E-state index in [9.17, 15) is 4.79 Å². The number of carbonyl (C=O) groups is 1. The first-order valence-electron chi connectivity index (χ1n) is 8.26. The number of nitrogens with zero attached hydrogens (tertiary/aromatic N) is 3. The van der Waals surface area contributed by atoms with E-state index in [-0.39, 0.29) is 30.7 Å². The van der Waals surface area contributed by atoms with Crippen LogP contribution in [0, 0.1) is 6.92 Å². The molecule has 0 aliphatic carbocycles. The first-order valence-corrected chi connectivity index (χ1v) is 8.26. The lowest BCUT2D eigenvalue weighted by atomic mass is 9.91. The minimum absolute atomic E-state index is 0. The average Bonchev–Trinajstić information content (AvgIpc) is 3.06. The van der Waals surface area contributed by atoms with Crippen LogP contribution in [0.4, 0.5) is 5.69 Å². The van der Waals surface area contributed by atoms with Gasteiger partial charge in [-0.3, -0.25) is 9.48 Å². The minimum atomic E-state index is 0. The Morgan fingerprint density at radius 1 is 1.28 bits per heavy atom. The summed E-state index contributed by atoms with van der Waals surface area (Å²) in [6.45, 7) is 6.51. The van der Waals surface area contributed by atoms with Crippen molar-refractivity contribution in [3.8, 4) is 0 Å². The SMILES string of the molecule is CCn1cc(C2CCN(C(=O)c3cc(N)ccc3C)CC2)cn1.Cl.Cl. The van der Waals surface area contributed by atoms with Gasteiger partial charge in [-0.15, -0.1) is 24.8 Å². The summed E-state index contributed by atoms with van der Waals surface area (Å²) < 4.78 is 1.96. The van der Waals surface area contributed by atoms with E-state index >= 15 is 0 Å². The summed E-state index contributed by atoms with van der Waals surface area (Å²) in [5.41, 5.74) is 9.47. The summed E-state index contributed by atoms with van der Waals surface area (Å²) >= 11 is 0. The Labute approximate surface area is 161 Å². The molecular weight excluding hydrogens is 359 g/mol. The van der Waals surface area contributed by atoms with Crippen molar-refractivity contribution >= 4 is 36.4 Å². The Hall–Kier alpha value is -1.72. The van der Waals surface area contributed by atoms with Gasteiger partial charge >= 0.3 is 0 Å². The number of hydrogen-bond acceptors (Lipinski definition) is 3. The summed E-state index contributed by atoms with van der Waals surface area (Å²) in [7, 11) is 0. The molecule has 7 heteroatoms. The van der Waals surface area contributed by atoms with Crippen molar-refractivity contribution in [1.29, 1.82) is 0 Å². The number of amides is 1. The molecule has 0 unspecified atom stereocenters. The molecule has 1 aromatic heterocycles. The number of rotatable bonds is 3. The van der Waals surface area contributed by atoms with Crippen LogP contribution < -0.4 is 5.73 Å². The predicted molar refractivity (Wildman–Crippen MR) is 106 cm³/mol. The number of aromatic nitrogens is 2. The fraction of sp³-hybridized carbons (Fsp3) is 0.444. The Morgan fingerprint density at radius 3 is 2.56 bits per heavy atom. The number of likely N-dealkylation sites (tertiary alicyclic amines) is 1. The molecule has 0 spiro atoms. The summed E-state index contributed by atoms with van der Waals surface area (Å²) in [4.78, 5) is 14.7. The van der Waals surface area contributed by atoms with Crippen LogP contribution in [0.5, 0.6) is 0 Å². The molecule has 1 aliphatic rings. The molecule has 1 aromatic carbocycles. The Kier molecular flexibility index (Phi) is 7.77. The molecule has 3 rings (SSSR count).